The Morgan fingerprint density at radius 3 is 2.45 bits per heavy atom. The fourth-order valence-corrected chi connectivity index (χ4v) is 0.740. The predicted octanol–water partition coefficient (Wildman–Crippen LogP) is 0.936. The van der Waals surface area contributed by atoms with E-state index >= 15 is 0 Å². The fourth-order valence-electron chi connectivity index (χ4n) is 0.740. The minimum absolute atomic E-state index is 0. The van der Waals surface area contributed by atoms with Crippen LogP contribution in [0, 0.1) is 6.07 Å². The number of nitrogens with two attached hydrogens (primary N) is 1. The Hall–Kier alpha value is -1.02. The highest BCUT2D eigenvalue weighted by atomic mass is 35.5. The van der Waals surface area contributed by atoms with Gasteiger partial charge < -0.3 is 5.73 Å². The zero-order valence-corrected chi connectivity index (χ0v) is 6.73. The van der Waals surface area contributed by atoms with Crippen LogP contribution in [0.5, 0.6) is 0 Å². The Morgan fingerprint density at radius 2 is 2.00 bits per heavy atom. The summed E-state index contributed by atoms with van der Waals surface area (Å²) in [6, 6.07) is 10.0. The molecule has 0 saturated carbocycles. The van der Waals surface area contributed by atoms with E-state index in [1.165, 1.54) is 0 Å². The first kappa shape index (κ1) is 9.98. The van der Waals surface area contributed by atoms with Gasteiger partial charge in [0, 0.05) is 0 Å². The molecule has 0 atom stereocenters. The molecule has 0 aliphatic carbocycles. The Morgan fingerprint density at radius 1 is 1.45 bits per heavy atom. The third-order valence-electron chi connectivity index (χ3n) is 1.17. The Kier molecular flexibility index (Phi) is 4.30. The number of rotatable bonds is 2. The maximum atomic E-state index is 10.4. The van der Waals surface area contributed by atoms with Crippen molar-refractivity contribution in [2.75, 3.05) is 0 Å². The van der Waals surface area contributed by atoms with Crippen molar-refractivity contribution in [3.8, 4) is 0 Å². The lowest BCUT2D eigenvalue weighted by Crippen LogP contribution is -2.13. The van der Waals surface area contributed by atoms with Crippen LogP contribution in [0.3, 0.4) is 0 Å². The number of amides is 1. The van der Waals surface area contributed by atoms with Crippen LogP contribution in [0.25, 0.3) is 0 Å². The van der Waals surface area contributed by atoms with E-state index < -0.39 is 0 Å². The second-order valence-corrected chi connectivity index (χ2v) is 2.05. The van der Waals surface area contributed by atoms with Crippen molar-refractivity contribution in [2.24, 2.45) is 5.73 Å². The lowest BCUT2D eigenvalue weighted by atomic mass is 10.1. The molecule has 1 radical (unpaired) electrons. The van der Waals surface area contributed by atoms with Gasteiger partial charge in [-0.15, -0.1) is 12.4 Å². The SMILES string of the molecule is Cl.NC(=O)Cc1cc[c]cc1. The topological polar surface area (TPSA) is 43.1 Å². The number of carbonyl (C=O) groups excluding carboxylic acids is 1. The highest BCUT2D eigenvalue weighted by molar-refractivity contribution is 5.85. The second kappa shape index (κ2) is 4.74. The molecule has 11 heavy (non-hydrogen) atoms. The summed E-state index contributed by atoms with van der Waals surface area (Å²) < 4.78 is 0. The van der Waals surface area contributed by atoms with Crippen molar-refractivity contribution in [2.45, 2.75) is 6.42 Å². The standard InChI is InChI=1S/C8H8NO.ClH/c9-8(10)6-7-4-2-1-3-5-7;/h2-5H,6H2,(H2,9,10);1H. The average Bonchev–Trinajstić information content (AvgIpc) is 1.88. The van der Waals surface area contributed by atoms with Gasteiger partial charge in [0.1, 0.15) is 0 Å². The van der Waals surface area contributed by atoms with Crippen molar-refractivity contribution in [3.63, 3.8) is 0 Å². The van der Waals surface area contributed by atoms with Crippen LogP contribution in [0.15, 0.2) is 24.3 Å². The molecule has 1 aromatic rings. The van der Waals surface area contributed by atoms with Crippen LogP contribution in [0.4, 0.5) is 0 Å². The lowest BCUT2D eigenvalue weighted by Gasteiger charge is -1.93. The van der Waals surface area contributed by atoms with Gasteiger partial charge in [0.25, 0.3) is 0 Å². The molecule has 0 aromatic heterocycles. The number of carbonyl (C=O) groups is 1. The maximum absolute atomic E-state index is 10.4. The monoisotopic (exact) mass is 170 g/mol. The van der Waals surface area contributed by atoms with Gasteiger partial charge in [-0.25, -0.2) is 0 Å². The van der Waals surface area contributed by atoms with Gasteiger partial charge >= 0.3 is 0 Å². The van der Waals surface area contributed by atoms with E-state index in [0.29, 0.717) is 6.42 Å². The van der Waals surface area contributed by atoms with Crippen molar-refractivity contribution >= 4 is 18.3 Å². The minimum atomic E-state index is -0.300. The van der Waals surface area contributed by atoms with Crippen LogP contribution >= 0.6 is 12.4 Å². The first-order valence-electron chi connectivity index (χ1n) is 3.02. The van der Waals surface area contributed by atoms with E-state index in [2.05, 4.69) is 6.07 Å². The molecule has 3 heteroatoms. The first-order chi connectivity index (χ1) is 4.79. The molecule has 59 valence electrons. The molecule has 1 rings (SSSR count). The van der Waals surface area contributed by atoms with Crippen molar-refractivity contribution in [1.29, 1.82) is 0 Å². The van der Waals surface area contributed by atoms with Gasteiger partial charge in [0.05, 0.1) is 6.42 Å². The molecule has 0 saturated heterocycles. The van der Waals surface area contributed by atoms with Gasteiger partial charge in [-0.1, -0.05) is 24.3 Å². The number of halogens is 1. The van der Waals surface area contributed by atoms with E-state index in [1.54, 1.807) is 12.1 Å². The second-order valence-electron chi connectivity index (χ2n) is 2.05. The predicted molar refractivity (Wildman–Crippen MR) is 45.4 cm³/mol. The third kappa shape index (κ3) is 3.63. The molecular weight excluding hydrogens is 162 g/mol. The van der Waals surface area contributed by atoms with Gasteiger partial charge in [-0.3, -0.25) is 4.79 Å². The van der Waals surface area contributed by atoms with Crippen LogP contribution in [0.1, 0.15) is 5.56 Å². The van der Waals surface area contributed by atoms with E-state index in [-0.39, 0.29) is 18.3 Å². The van der Waals surface area contributed by atoms with Crippen molar-refractivity contribution < 1.29 is 4.79 Å². The summed E-state index contributed by atoms with van der Waals surface area (Å²) >= 11 is 0. The summed E-state index contributed by atoms with van der Waals surface area (Å²) in [5, 5.41) is 0. The maximum Gasteiger partial charge on any atom is 0.221 e. The Labute approximate surface area is 71.8 Å². The minimum Gasteiger partial charge on any atom is -0.369 e. The highest BCUT2D eigenvalue weighted by Crippen LogP contribution is 1.97. The average molecular weight is 171 g/mol. The molecule has 0 unspecified atom stereocenters. The van der Waals surface area contributed by atoms with E-state index in [1.807, 2.05) is 12.1 Å². The van der Waals surface area contributed by atoms with Gasteiger partial charge in [0.15, 0.2) is 0 Å². The Balaban J connectivity index is 0.000001000. The third-order valence-corrected chi connectivity index (χ3v) is 1.17. The summed E-state index contributed by atoms with van der Waals surface area (Å²) in [6.45, 7) is 0. The molecule has 2 N–H and O–H groups in total. The van der Waals surface area contributed by atoms with E-state index in [9.17, 15) is 4.79 Å². The van der Waals surface area contributed by atoms with Gasteiger partial charge in [-0.05, 0) is 11.6 Å². The summed E-state index contributed by atoms with van der Waals surface area (Å²) in [4.78, 5) is 10.4. The Bertz CT molecular complexity index is 223. The summed E-state index contributed by atoms with van der Waals surface area (Å²) in [5.41, 5.74) is 5.91. The molecular formula is C8H9ClNO. The van der Waals surface area contributed by atoms with E-state index in [0.717, 1.165) is 5.56 Å². The zero-order valence-electron chi connectivity index (χ0n) is 5.91. The van der Waals surface area contributed by atoms with Crippen molar-refractivity contribution in [1.82, 2.24) is 0 Å². The van der Waals surface area contributed by atoms with Crippen LogP contribution in [0.2, 0.25) is 0 Å². The quantitative estimate of drug-likeness (QED) is 0.705. The summed E-state index contributed by atoms with van der Waals surface area (Å²) in [5.74, 6) is -0.300. The van der Waals surface area contributed by atoms with Gasteiger partial charge in [0.2, 0.25) is 5.91 Å². The number of hydrogen-bond donors (Lipinski definition) is 1. The fraction of sp³-hybridized carbons (Fsp3) is 0.125. The number of benzene rings is 1. The molecule has 0 aliphatic rings. The first-order valence-corrected chi connectivity index (χ1v) is 3.02. The normalized spacial score (nSPS) is 8.36. The number of hydrogen-bond acceptors (Lipinski definition) is 1. The van der Waals surface area contributed by atoms with Crippen LogP contribution in [-0.2, 0) is 11.2 Å². The number of primary amides is 1. The lowest BCUT2D eigenvalue weighted by molar-refractivity contribution is -0.117. The van der Waals surface area contributed by atoms with E-state index in [4.69, 9.17) is 5.73 Å². The van der Waals surface area contributed by atoms with Gasteiger partial charge in [-0.2, -0.15) is 0 Å². The van der Waals surface area contributed by atoms with Crippen molar-refractivity contribution in [3.05, 3.63) is 35.9 Å². The highest BCUT2D eigenvalue weighted by Gasteiger charge is 1.94. The molecule has 0 aliphatic heterocycles. The summed E-state index contributed by atoms with van der Waals surface area (Å²) in [6.07, 6.45) is 0.314. The molecule has 1 amide bonds. The largest absolute Gasteiger partial charge is 0.369 e. The zero-order chi connectivity index (χ0) is 7.40. The molecule has 0 heterocycles. The summed E-state index contributed by atoms with van der Waals surface area (Å²) in [7, 11) is 0. The molecule has 0 spiro atoms. The molecule has 2 nitrogen and oxygen atoms in total. The van der Waals surface area contributed by atoms with Crippen LogP contribution < -0.4 is 5.73 Å². The van der Waals surface area contributed by atoms with Crippen LogP contribution in [-0.4, -0.2) is 5.91 Å². The molecule has 0 bridgehead atoms. The molecule has 1 aromatic carbocycles. The molecule has 0 fully saturated rings. The smallest absolute Gasteiger partial charge is 0.221 e.